The first-order valence-electron chi connectivity index (χ1n) is 8.79. The molecule has 0 spiro atoms. The number of hydrogen-bond acceptors (Lipinski definition) is 7. The highest BCUT2D eigenvalue weighted by Crippen LogP contribution is 2.31. The molecule has 1 fully saturated rings. The minimum Gasteiger partial charge on any atom is -0.352 e. The molecule has 26 heavy (non-hydrogen) atoms. The van der Waals surface area contributed by atoms with Crippen molar-refractivity contribution in [1.82, 2.24) is 24.4 Å². The van der Waals surface area contributed by atoms with Gasteiger partial charge >= 0.3 is 0 Å². The van der Waals surface area contributed by atoms with Crippen LogP contribution in [-0.2, 0) is 4.79 Å². The summed E-state index contributed by atoms with van der Waals surface area (Å²) in [5, 5.41) is 7.70. The van der Waals surface area contributed by atoms with Crippen LogP contribution in [0.3, 0.4) is 0 Å². The van der Waals surface area contributed by atoms with Gasteiger partial charge in [0.1, 0.15) is 5.82 Å². The van der Waals surface area contributed by atoms with E-state index in [9.17, 15) is 4.79 Å². The molecule has 2 aromatic rings. The Morgan fingerprint density at radius 3 is 2.92 bits per heavy atom. The van der Waals surface area contributed by atoms with E-state index < -0.39 is 0 Å². The second kappa shape index (κ2) is 6.31. The van der Waals surface area contributed by atoms with Gasteiger partial charge < -0.3 is 14.7 Å². The van der Waals surface area contributed by atoms with E-state index >= 15 is 0 Å². The van der Waals surface area contributed by atoms with Gasteiger partial charge in [0, 0.05) is 50.8 Å². The van der Waals surface area contributed by atoms with Crippen LogP contribution in [0.4, 0.5) is 5.82 Å². The fourth-order valence-corrected chi connectivity index (χ4v) is 4.49. The normalized spacial score (nSPS) is 19.8. The van der Waals surface area contributed by atoms with Gasteiger partial charge in [0.15, 0.2) is 10.8 Å². The largest absolute Gasteiger partial charge is 0.352 e. The first kappa shape index (κ1) is 15.7. The fourth-order valence-electron chi connectivity index (χ4n) is 3.54. The second-order valence-electron chi connectivity index (χ2n) is 6.51. The Hall–Kier alpha value is -2.55. The SMILES string of the molecule is O=C(CC1=CSC2=NCCN12)N1CCN(c2ccc3nccn3n2)CC1. The molecule has 1 saturated heterocycles. The number of nitrogens with zero attached hydrogens (tertiary/aromatic N) is 7. The molecular formula is C17H19N7OS. The van der Waals surface area contributed by atoms with Gasteiger partial charge in [0.25, 0.3) is 0 Å². The third-order valence-corrected chi connectivity index (χ3v) is 5.93. The predicted octanol–water partition coefficient (Wildman–Crippen LogP) is 1.03. The molecule has 0 aliphatic carbocycles. The van der Waals surface area contributed by atoms with E-state index in [2.05, 4.69) is 30.3 Å². The first-order valence-corrected chi connectivity index (χ1v) is 9.67. The number of thioether (sulfide) groups is 1. The third kappa shape index (κ3) is 2.72. The molecule has 9 heteroatoms. The summed E-state index contributed by atoms with van der Waals surface area (Å²) in [6, 6.07) is 3.97. The van der Waals surface area contributed by atoms with Crippen molar-refractivity contribution in [3.63, 3.8) is 0 Å². The summed E-state index contributed by atoms with van der Waals surface area (Å²) in [6.45, 7) is 4.78. The van der Waals surface area contributed by atoms with Gasteiger partial charge in [-0.3, -0.25) is 9.79 Å². The number of piperazine rings is 1. The number of rotatable bonds is 3. The minimum atomic E-state index is 0.197. The van der Waals surface area contributed by atoms with E-state index in [0.717, 1.165) is 61.6 Å². The highest BCUT2D eigenvalue weighted by atomic mass is 32.2. The molecule has 1 amide bonds. The maximum atomic E-state index is 12.7. The van der Waals surface area contributed by atoms with E-state index in [1.165, 1.54) is 0 Å². The van der Waals surface area contributed by atoms with Crippen LogP contribution in [0.1, 0.15) is 6.42 Å². The lowest BCUT2D eigenvalue weighted by molar-refractivity contribution is -0.130. The molecule has 5 heterocycles. The van der Waals surface area contributed by atoms with Crippen molar-refractivity contribution in [2.45, 2.75) is 6.42 Å². The number of fused-ring (bicyclic) bond motifs is 2. The van der Waals surface area contributed by atoms with Crippen LogP contribution in [0.25, 0.3) is 5.65 Å². The summed E-state index contributed by atoms with van der Waals surface area (Å²) in [5.74, 6) is 1.12. The van der Waals surface area contributed by atoms with Crippen LogP contribution in [-0.4, -0.2) is 74.7 Å². The Morgan fingerprint density at radius 1 is 1.15 bits per heavy atom. The second-order valence-corrected chi connectivity index (χ2v) is 7.35. The fraction of sp³-hybridized carbons (Fsp3) is 0.412. The maximum absolute atomic E-state index is 12.7. The van der Waals surface area contributed by atoms with E-state index in [-0.39, 0.29) is 5.91 Å². The molecule has 0 saturated carbocycles. The van der Waals surface area contributed by atoms with Gasteiger partial charge in [-0.2, -0.15) is 0 Å². The average Bonchev–Trinajstić information content (AvgIpc) is 3.39. The number of aliphatic imine (C=N–C) groups is 1. The molecule has 0 unspecified atom stereocenters. The molecule has 0 bridgehead atoms. The summed E-state index contributed by atoms with van der Waals surface area (Å²) in [7, 11) is 0. The lowest BCUT2D eigenvalue weighted by Crippen LogP contribution is -2.49. The topological polar surface area (TPSA) is 69.3 Å². The highest BCUT2D eigenvalue weighted by Gasteiger charge is 2.29. The zero-order valence-corrected chi connectivity index (χ0v) is 15.1. The Labute approximate surface area is 155 Å². The molecule has 0 N–H and O–H groups in total. The highest BCUT2D eigenvalue weighted by molar-refractivity contribution is 8.16. The van der Waals surface area contributed by atoms with Crippen molar-refractivity contribution in [3.8, 4) is 0 Å². The molecule has 0 aromatic carbocycles. The molecule has 0 atom stereocenters. The van der Waals surface area contributed by atoms with Gasteiger partial charge in [-0.1, -0.05) is 11.8 Å². The van der Waals surface area contributed by atoms with E-state index in [4.69, 9.17) is 0 Å². The Kier molecular flexibility index (Phi) is 3.81. The summed E-state index contributed by atoms with van der Waals surface area (Å²) in [6.07, 6.45) is 4.06. The van der Waals surface area contributed by atoms with Crippen LogP contribution < -0.4 is 4.90 Å². The standard InChI is InChI=1S/C17H19N7OS/c25-16(11-13-12-26-17-19-3-5-23(13)17)22-9-7-21(8-10-22)15-2-1-14-18-4-6-24(14)20-15/h1-2,4,6,12H,3,5,7-11H2. The summed E-state index contributed by atoms with van der Waals surface area (Å²) < 4.78 is 1.78. The van der Waals surface area contributed by atoms with Crippen molar-refractivity contribution < 1.29 is 4.79 Å². The maximum Gasteiger partial charge on any atom is 0.228 e. The van der Waals surface area contributed by atoms with Crippen molar-refractivity contribution in [3.05, 3.63) is 35.6 Å². The average molecular weight is 369 g/mol. The van der Waals surface area contributed by atoms with Crippen LogP contribution >= 0.6 is 11.8 Å². The minimum absolute atomic E-state index is 0.197. The van der Waals surface area contributed by atoms with Gasteiger partial charge in [-0.15, -0.1) is 5.10 Å². The van der Waals surface area contributed by atoms with Gasteiger partial charge in [0.05, 0.1) is 13.0 Å². The van der Waals surface area contributed by atoms with Gasteiger partial charge in [-0.05, 0) is 17.5 Å². The number of carbonyl (C=O) groups excluding carboxylic acids is 1. The van der Waals surface area contributed by atoms with E-state index in [1.54, 1.807) is 22.5 Å². The molecule has 3 aliphatic rings. The number of amidine groups is 1. The van der Waals surface area contributed by atoms with Crippen LogP contribution in [0, 0.1) is 0 Å². The number of amides is 1. The summed E-state index contributed by atoms with van der Waals surface area (Å²) in [5.41, 5.74) is 1.93. The molecule has 134 valence electrons. The van der Waals surface area contributed by atoms with E-state index in [1.807, 2.05) is 23.2 Å². The lowest BCUT2D eigenvalue weighted by Gasteiger charge is -2.35. The van der Waals surface area contributed by atoms with Gasteiger partial charge in [-0.25, -0.2) is 9.50 Å². The molecule has 3 aliphatic heterocycles. The number of aromatic nitrogens is 3. The molecule has 8 nitrogen and oxygen atoms in total. The lowest BCUT2D eigenvalue weighted by atomic mass is 10.2. The molecule has 5 rings (SSSR count). The number of anilines is 1. The molecule has 2 aromatic heterocycles. The van der Waals surface area contributed by atoms with Gasteiger partial charge in [0.2, 0.25) is 5.91 Å². The quantitative estimate of drug-likeness (QED) is 0.805. The van der Waals surface area contributed by atoms with Crippen molar-refractivity contribution in [2.24, 2.45) is 4.99 Å². The van der Waals surface area contributed by atoms with Crippen LogP contribution in [0.2, 0.25) is 0 Å². The zero-order valence-electron chi connectivity index (χ0n) is 14.3. The van der Waals surface area contributed by atoms with Crippen molar-refractivity contribution in [1.29, 1.82) is 0 Å². The van der Waals surface area contributed by atoms with E-state index in [0.29, 0.717) is 6.42 Å². The Bertz CT molecular complexity index is 913. The smallest absolute Gasteiger partial charge is 0.228 e. The molecule has 0 radical (unpaired) electrons. The van der Waals surface area contributed by atoms with Crippen LogP contribution in [0.5, 0.6) is 0 Å². The molecular weight excluding hydrogens is 350 g/mol. The number of carbonyl (C=O) groups is 1. The van der Waals surface area contributed by atoms with Crippen molar-refractivity contribution in [2.75, 3.05) is 44.2 Å². The van der Waals surface area contributed by atoms with Crippen molar-refractivity contribution >= 4 is 34.3 Å². The number of imidazole rings is 1. The number of hydrogen-bond donors (Lipinski definition) is 0. The predicted molar refractivity (Wildman–Crippen MR) is 101 cm³/mol. The Balaban J connectivity index is 1.20. The first-order chi connectivity index (χ1) is 12.8. The summed E-state index contributed by atoms with van der Waals surface area (Å²) >= 11 is 1.63. The monoisotopic (exact) mass is 369 g/mol. The van der Waals surface area contributed by atoms with Crippen LogP contribution in [0.15, 0.2) is 40.6 Å². The third-order valence-electron chi connectivity index (χ3n) is 4.98. The summed E-state index contributed by atoms with van der Waals surface area (Å²) in [4.78, 5) is 27.7. The Morgan fingerprint density at radius 2 is 2.04 bits per heavy atom. The zero-order chi connectivity index (χ0) is 17.5.